The molecule has 0 bridgehead atoms. The standard InChI is InChI=1S/C17H23N3O5S/c1-4-15(17(21)22)16-9-10-19(12-18-16)20(26(3,23)24)11-13-5-7-14(25-2)8-6-13/h5-10,15H,4,11-12H2,1-3H3,(H,21,22). The molecule has 1 unspecified atom stereocenters. The lowest BCUT2D eigenvalue weighted by Gasteiger charge is -2.33. The number of aliphatic carboxylic acids is 1. The Balaban J connectivity index is 2.18. The Kier molecular flexibility index (Phi) is 6.38. The number of carboxylic acids is 1. The Bertz CT molecular complexity index is 802. The fourth-order valence-corrected chi connectivity index (χ4v) is 3.45. The maximum absolute atomic E-state index is 12.2. The quantitative estimate of drug-likeness (QED) is 0.736. The van der Waals surface area contributed by atoms with Gasteiger partial charge in [0.15, 0.2) is 0 Å². The molecule has 1 atom stereocenters. The summed E-state index contributed by atoms with van der Waals surface area (Å²) in [4.78, 5) is 15.5. The zero-order valence-corrected chi connectivity index (χ0v) is 15.8. The highest BCUT2D eigenvalue weighted by Crippen LogP contribution is 2.19. The molecule has 0 fully saturated rings. The number of rotatable bonds is 8. The van der Waals surface area contributed by atoms with E-state index in [1.807, 2.05) is 0 Å². The van der Waals surface area contributed by atoms with Gasteiger partial charge < -0.3 is 9.84 Å². The summed E-state index contributed by atoms with van der Waals surface area (Å²) in [5.74, 6) is -0.949. The maximum atomic E-state index is 12.2. The minimum Gasteiger partial charge on any atom is -0.497 e. The molecule has 0 saturated carbocycles. The van der Waals surface area contributed by atoms with E-state index in [2.05, 4.69) is 4.99 Å². The number of carbonyl (C=O) groups is 1. The second-order valence-corrected chi connectivity index (χ2v) is 7.76. The Morgan fingerprint density at radius 2 is 2.04 bits per heavy atom. The van der Waals surface area contributed by atoms with Crippen molar-refractivity contribution in [3.63, 3.8) is 0 Å². The van der Waals surface area contributed by atoms with Gasteiger partial charge in [0.2, 0.25) is 10.0 Å². The van der Waals surface area contributed by atoms with E-state index in [0.29, 0.717) is 17.9 Å². The van der Waals surface area contributed by atoms with Crippen LogP contribution in [-0.4, -0.2) is 54.7 Å². The van der Waals surface area contributed by atoms with Gasteiger partial charge in [-0.2, -0.15) is 0 Å². The Hall–Kier alpha value is -2.39. The van der Waals surface area contributed by atoms with Gasteiger partial charge in [-0.3, -0.25) is 14.8 Å². The Morgan fingerprint density at radius 3 is 2.46 bits per heavy atom. The van der Waals surface area contributed by atoms with E-state index in [1.165, 1.54) is 9.42 Å². The molecule has 0 amide bonds. The van der Waals surface area contributed by atoms with Crippen LogP contribution in [0.25, 0.3) is 0 Å². The van der Waals surface area contributed by atoms with Crippen LogP contribution in [0.5, 0.6) is 5.75 Å². The van der Waals surface area contributed by atoms with E-state index < -0.39 is 21.9 Å². The van der Waals surface area contributed by atoms with Crippen LogP contribution in [-0.2, 0) is 21.4 Å². The van der Waals surface area contributed by atoms with Crippen LogP contribution in [0.2, 0.25) is 0 Å². The largest absolute Gasteiger partial charge is 0.497 e. The van der Waals surface area contributed by atoms with Gasteiger partial charge in [-0.05, 0) is 30.2 Å². The first kappa shape index (κ1) is 19.9. The van der Waals surface area contributed by atoms with E-state index in [-0.39, 0.29) is 13.2 Å². The van der Waals surface area contributed by atoms with E-state index in [9.17, 15) is 18.3 Å². The summed E-state index contributed by atoms with van der Waals surface area (Å²) in [5, 5.41) is 10.7. The lowest BCUT2D eigenvalue weighted by Crippen LogP contribution is -2.44. The number of carboxylic acid groups (broad SMARTS) is 1. The molecule has 1 aliphatic heterocycles. The lowest BCUT2D eigenvalue weighted by atomic mass is 10.00. The number of aliphatic imine (C=N–C) groups is 1. The van der Waals surface area contributed by atoms with Crippen molar-refractivity contribution >= 4 is 21.7 Å². The number of hydrogen-bond donors (Lipinski definition) is 1. The molecule has 1 aromatic rings. The zero-order valence-electron chi connectivity index (χ0n) is 15.0. The average molecular weight is 381 g/mol. The normalized spacial score (nSPS) is 15.7. The molecular weight excluding hydrogens is 358 g/mol. The van der Waals surface area contributed by atoms with Gasteiger partial charge in [-0.25, -0.2) is 8.42 Å². The van der Waals surface area contributed by atoms with Gasteiger partial charge in [0, 0.05) is 6.20 Å². The topological polar surface area (TPSA) is 99.5 Å². The van der Waals surface area contributed by atoms with Crippen LogP contribution in [0.15, 0.2) is 41.5 Å². The number of ether oxygens (including phenoxy) is 1. The van der Waals surface area contributed by atoms with Crippen molar-refractivity contribution in [1.82, 2.24) is 9.42 Å². The lowest BCUT2D eigenvalue weighted by molar-refractivity contribution is -0.139. The molecule has 0 saturated heterocycles. The first-order valence-electron chi connectivity index (χ1n) is 8.08. The number of hydrazine groups is 1. The molecule has 1 aliphatic rings. The molecule has 1 aromatic carbocycles. The van der Waals surface area contributed by atoms with Crippen molar-refractivity contribution in [2.24, 2.45) is 10.9 Å². The number of hydrogen-bond acceptors (Lipinski definition) is 6. The number of nitrogens with zero attached hydrogens (tertiary/aromatic N) is 3. The third-order valence-corrected chi connectivity index (χ3v) is 5.13. The minimum atomic E-state index is -3.55. The predicted octanol–water partition coefficient (Wildman–Crippen LogP) is 1.71. The SMILES string of the molecule is CCC(C(=O)O)C1=NCN(N(Cc2ccc(OC)cc2)S(C)(=O)=O)C=C1. The highest BCUT2D eigenvalue weighted by Gasteiger charge is 2.27. The summed E-state index contributed by atoms with van der Waals surface area (Å²) >= 11 is 0. The van der Waals surface area contributed by atoms with Crippen LogP contribution >= 0.6 is 0 Å². The summed E-state index contributed by atoms with van der Waals surface area (Å²) in [7, 11) is -1.98. The molecule has 142 valence electrons. The van der Waals surface area contributed by atoms with Gasteiger partial charge in [0.05, 0.1) is 31.5 Å². The summed E-state index contributed by atoms with van der Waals surface area (Å²) in [6.07, 6.45) is 4.65. The van der Waals surface area contributed by atoms with Crippen LogP contribution in [0.1, 0.15) is 18.9 Å². The number of sulfonamides is 1. The smallest absolute Gasteiger partial charge is 0.312 e. The van der Waals surface area contributed by atoms with Crippen molar-refractivity contribution in [2.75, 3.05) is 20.0 Å². The highest BCUT2D eigenvalue weighted by atomic mass is 32.2. The molecule has 1 heterocycles. The average Bonchev–Trinajstić information content (AvgIpc) is 2.60. The Morgan fingerprint density at radius 1 is 1.38 bits per heavy atom. The fourth-order valence-electron chi connectivity index (χ4n) is 2.58. The molecule has 26 heavy (non-hydrogen) atoms. The molecule has 0 spiro atoms. The van der Waals surface area contributed by atoms with E-state index in [0.717, 1.165) is 11.8 Å². The van der Waals surface area contributed by atoms with Crippen molar-refractivity contribution in [3.8, 4) is 5.75 Å². The minimum absolute atomic E-state index is 0.0405. The molecule has 2 rings (SSSR count). The molecule has 8 nitrogen and oxygen atoms in total. The van der Waals surface area contributed by atoms with E-state index >= 15 is 0 Å². The number of benzene rings is 1. The molecular formula is C17H23N3O5S. The maximum Gasteiger partial charge on any atom is 0.312 e. The van der Waals surface area contributed by atoms with Crippen molar-refractivity contribution in [2.45, 2.75) is 19.9 Å². The monoisotopic (exact) mass is 381 g/mol. The van der Waals surface area contributed by atoms with Crippen LogP contribution in [0.4, 0.5) is 0 Å². The fraction of sp³-hybridized carbons (Fsp3) is 0.412. The third-order valence-electron chi connectivity index (χ3n) is 4.03. The predicted molar refractivity (Wildman–Crippen MR) is 98.1 cm³/mol. The summed E-state index contributed by atoms with van der Waals surface area (Å²) in [6, 6.07) is 7.10. The molecule has 0 radical (unpaired) electrons. The van der Waals surface area contributed by atoms with E-state index in [1.54, 1.807) is 50.6 Å². The van der Waals surface area contributed by atoms with Gasteiger partial charge in [0.25, 0.3) is 0 Å². The summed E-state index contributed by atoms with van der Waals surface area (Å²) < 4.78 is 30.7. The molecule has 9 heteroatoms. The summed E-state index contributed by atoms with van der Waals surface area (Å²) in [5.41, 5.74) is 1.23. The van der Waals surface area contributed by atoms with Gasteiger partial charge >= 0.3 is 5.97 Å². The van der Waals surface area contributed by atoms with Crippen molar-refractivity contribution in [1.29, 1.82) is 0 Å². The van der Waals surface area contributed by atoms with Crippen LogP contribution in [0, 0.1) is 5.92 Å². The number of allylic oxidation sites excluding steroid dienone is 1. The van der Waals surface area contributed by atoms with Crippen molar-refractivity contribution < 1.29 is 23.1 Å². The Labute approximate surface area is 153 Å². The zero-order chi connectivity index (χ0) is 19.3. The van der Waals surface area contributed by atoms with Crippen LogP contribution < -0.4 is 4.74 Å². The second-order valence-electron chi connectivity index (χ2n) is 5.87. The first-order chi connectivity index (χ1) is 12.3. The van der Waals surface area contributed by atoms with E-state index in [4.69, 9.17) is 4.74 Å². The number of methoxy groups -OCH3 is 1. The van der Waals surface area contributed by atoms with Crippen molar-refractivity contribution in [3.05, 3.63) is 42.1 Å². The van der Waals surface area contributed by atoms with Gasteiger partial charge in [-0.15, -0.1) is 4.41 Å². The molecule has 1 N–H and O–H groups in total. The van der Waals surface area contributed by atoms with Crippen LogP contribution in [0.3, 0.4) is 0 Å². The van der Waals surface area contributed by atoms with Gasteiger partial charge in [0.1, 0.15) is 12.4 Å². The first-order valence-corrected chi connectivity index (χ1v) is 9.93. The van der Waals surface area contributed by atoms with Gasteiger partial charge in [-0.1, -0.05) is 19.1 Å². The highest BCUT2D eigenvalue weighted by molar-refractivity contribution is 7.88. The molecule has 0 aromatic heterocycles. The third kappa shape index (κ3) is 4.83. The second kappa shape index (κ2) is 8.33. The summed E-state index contributed by atoms with van der Waals surface area (Å²) in [6.45, 7) is 1.95. The molecule has 0 aliphatic carbocycles.